The lowest BCUT2D eigenvalue weighted by molar-refractivity contribution is 0.237. The summed E-state index contributed by atoms with van der Waals surface area (Å²) >= 11 is 0. The lowest BCUT2D eigenvalue weighted by Gasteiger charge is -2.20. The normalized spacial score (nSPS) is 13.2. The van der Waals surface area contributed by atoms with Crippen molar-refractivity contribution in [1.82, 2.24) is 20.0 Å². The average Bonchev–Trinajstić information content (AvgIpc) is 2.84. The first-order chi connectivity index (χ1) is 7.68. The highest BCUT2D eigenvalue weighted by Crippen LogP contribution is 2.20. The zero-order valence-electron chi connectivity index (χ0n) is 9.71. The van der Waals surface area contributed by atoms with Gasteiger partial charge >= 0.3 is 0 Å². The molecule has 0 aromatic carbocycles. The summed E-state index contributed by atoms with van der Waals surface area (Å²) in [4.78, 5) is 4.34. The fraction of sp³-hybridized carbons (Fsp3) is 0.364. The van der Waals surface area contributed by atoms with Gasteiger partial charge in [-0.2, -0.15) is 0 Å². The van der Waals surface area contributed by atoms with Crippen molar-refractivity contribution < 1.29 is 4.42 Å². The number of nitrogens with zero attached hydrogens (tertiary/aromatic N) is 3. The minimum Gasteiger partial charge on any atom is -0.467 e. The molecule has 0 saturated carbocycles. The Labute approximate surface area is 94.7 Å². The van der Waals surface area contributed by atoms with Gasteiger partial charge in [-0.05, 0) is 12.1 Å². The number of hydrazine groups is 1. The van der Waals surface area contributed by atoms with Gasteiger partial charge in [0, 0.05) is 33.5 Å². The third-order valence-electron chi connectivity index (χ3n) is 2.33. The van der Waals surface area contributed by atoms with E-state index in [-0.39, 0.29) is 6.04 Å². The molecule has 0 amide bonds. The monoisotopic (exact) mass is 220 g/mol. The van der Waals surface area contributed by atoms with E-state index >= 15 is 0 Å². The van der Waals surface area contributed by atoms with Crippen LogP contribution in [0.4, 0.5) is 0 Å². The topological polar surface area (TPSA) is 46.2 Å². The van der Waals surface area contributed by atoms with Gasteiger partial charge in [-0.25, -0.2) is 15.4 Å². The predicted octanol–water partition coefficient (Wildman–Crippen LogP) is 1.17. The Bertz CT molecular complexity index is 433. The van der Waals surface area contributed by atoms with Crippen LogP contribution >= 0.6 is 0 Å². The van der Waals surface area contributed by atoms with Gasteiger partial charge in [-0.15, -0.1) is 0 Å². The first-order valence-electron chi connectivity index (χ1n) is 5.12. The zero-order chi connectivity index (χ0) is 11.5. The number of aryl methyl sites for hydroxylation is 1. The van der Waals surface area contributed by atoms with Crippen LogP contribution in [0.15, 0.2) is 35.2 Å². The minimum atomic E-state index is -0.0648. The Balaban J connectivity index is 2.32. The smallest absolute Gasteiger partial charge is 0.137 e. The van der Waals surface area contributed by atoms with Gasteiger partial charge in [0.25, 0.3) is 0 Å². The summed E-state index contributed by atoms with van der Waals surface area (Å²) in [5.74, 6) is 1.77. The molecule has 0 radical (unpaired) electrons. The van der Waals surface area contributed by atoms with E-state index in [1.165, 1.54) is 0 Å². The van der Waals surface area contributed by atoms with Crippen molar-refractivity contribution in [3.63, 3.8) is 0 Å². The Hall–Kier alpha value is -1.59. The summed E-state index contributed by atoms with van der Waals surface area (Å²) in [6.07, 6.45) is 5.37. The van der Waals surface area contributed by atoms with E-state index in [0.29, 0.717) is 0 Å². The second kappa shape index (κ2) is 4.51. The van der Waals surface area contributed by atoms with Crippen molar-refractivity contribution in [2.45, 2.75) is 6.04 Å². The maximum atomic E-state index is 5.43. The quantitative estimate of drug-likeness (QED) is 0.786. The van der Waals surface area contributed by atoms with Crippen LogP contribution < -0.4 is 5.43 Å². The number of hydrogen-bond acceptors (Lipinski definition) is 4. The molecular weight excluding hydrogens is 204 g/mol. The molecule has 86 valence electrons. The number of rotatable bonds is 4. The van der Waals surface area contributed by atoms with Crippen LogP contribution in [-0.4, -0.2) is 28.7 Å². The fourth-order valence-corrected chi connectivity index (χ4v) is 1.62. The van der Waals surface area contributed by atoms with Crippen LogP contribution in [0.3, 0.4) is 0 Å². The van der Waals surface area contributed by atoms with E-state index in [9.17, 15) is 0 Å². The summed E-state index contributed by atoms with van der Waals surface area (Å²) in [5.41, 5.74) is 3.28. The second-order valence-electron chi connectivity index (χ2n) is 3.87. The standard InChI is InChI=1S/C11H16N4O/c1-14(2)13-10(9-5-4-8-16-9)11-12-6-7-15(11)3/h4-8,10,13H,1-3H3. The second-order valence-corrected chi connectivity index (χ2v) is 3.87. The Morgan fingerprint density at radius 3 is 2.81 bits per heavy atom. The van der Waals surface area contributed by atoms with Crippen molar-refractivity contribution in [2.75, 3.05) is 14.1 Å². The molecular formula is C11H16N4O. The van der Waals surface area contributed by atoms with Gasteiger partial charge in [-0.1, -0.05) is 0 Å². The number of imidazole rings is 1. The van der Waals surface area contributed by atoms with Crippen LogP contribution in [-0.2, 0) is 7.05 Å². The first kappa shape index (κ1) is 10.9. The highest BCUT2D eigenvalue weighted by molar-refractivity contribution is 5.15. The van der Waals surface area contributed by atoms with Crippen molar-refractivity contribution >= 4 is 0 Å². The van der Waals surface area contributed by atoms with Crippen LogP contribution in [0, 0.1) is 0 Å². The molecule has 2 rings (SSSR count). The molecule has 0 spiro atoms. The predicted molar refractivity (Wildman–Crippen MR) is 60.6 cm³/mol. The molecule has 0 aliphatic rings. The first-order valence-corrected chi connectivity index (χ1v) is 5.12. The highest BCUT2D eigenvalue weighted by Gasteiger charge is 2.20. The van der Waals surface area contributed by atoms with Crippen molar-refractivity contribution in [3.05, 3.63) is 42.4 Å². The minimum absolute atomic E-state index is 0.0648. The summed E-state index contributed by atoms with van der Waals surface area (Å²) in [5, 5.41) is 1.89. The fourth-order valence-electron chi connectivity index (χ4n) is 1.62. The molecule has 2 heterocycles. The summed E-state index contributed by atoms with van der Waals surface area (Å²) in [6.45, 7) is 0. The highest BCUT2D eigenvalue weighted by atomic mass is 16.3. The molecule has 0 aliphatic carbocycles. The van der Waals surface area contributed by atoms with E-state index in [2.05, 4.69) is 10.4 Å². The molecule has 5 heteroatoms. The number of aromatic nitrogens is 2. The largest absolute Gasteiger partial charge is 0.467 e. The average molecular weight is 220 g/mol. The van der Waals surface area contributed by atoms with Crippen LogP contribution in [0.25, 0.3) is 0 Å². The van der Waals surface area contributed by atoms with E-state index in [1.807, 2.05) is 49.0 Å². The molecule has 2 aromatic rings. The lowest BCUT2D eigenvalue weighted by Crippen LogP contribution is -2.35. The Kier molecular flexibility index (Phi) is 3.07. The van der Waals surface area contributed by atoms with E-state index in [1.54, 1.807) is 12.5 Å². The molecule has 5 nitrogen and oxygen atoms in total. The van der Waals surface area contributed by atoms with Gasteiger partial charge in [0.1, 0.15) is 17.6 Å². The van der Waals surface area contributed by atoms with Gasteiger partial charge in [-0.3, -0.25) is 0 Å². The lowest BCUT2D eigenvalue weighted by atomic mass is 10.2. The molecule has 1 atom stereocenters. The van der Waals surface area contributed by atoms with Gasteiger partial charge < -0.3 is 8.98 Å². The number of hydrogen-bond donors (Lipinski definition) is 1. The number of nitrogens with one attached hydrogen (secondary N) is 1. The van der Waals surface area contributed by atoms with Crippen molar-refractivity contribution in [2.24, 2.45) is 7.05 Å². The Morgan fingerprint density at radius 2 is 2.31 bits per heavy atom. The SMILES string of the molecule is CN(C)NC(c1ccco1)c1nccn1C. The van der Waals surface area contributed by atoms with Crippen LogP contribution in [0.2, 0.25) is 0 Å². The molecule has 0 bridgehead atoms. The molecule has 2 aromatic heterocycles. The van der Waals surface area contributed by atoms with Crippen molar-refractivity contribution in [3.8, 4) is 0 Å². The van der Waals surface area contributed by atoms with Gasteiger partial charge in [0.2, 0.25) is 0 Å². The molecule has 1 unspecified atom stereocenters. The third kappa shape index (κ3) is 2.15. The van der Waals surface area contributed by atoms with Crippen molar-refractivity contribution in [1.29, 1.82) is 0 Å². The Morgan fingerprint density at radius 1 is 1.50 bits per heavy atom. The summed E-state index contributed by atoms with van der Waals surface area (Å²) in [6, 6.07) is 3.75. The van der Waals surface area contributed by atoms with E-state index < -0.39 is 0 Å². The summed E-state index contributed by atoms with van der Waals surface area (Å²) < 4.78 is 7.41. The molecule has 0 fully saturated rings. The molecule has 1 N–H and O–H groups in total. The van der Waals surface area contributed by atoms with Gasteiger partial charge in [0.15, 0.2) is 0 Å². The maximum absolute atomic E-state index is 5.43. The maximum Gasteiger partial charge on any atom is 0.137 e. The summed E-state index contributed by atoms with van der Waals surface area (Å²) in [7, 11) is 5.85. The molecule has 0 aliphatic heterocycles. The zero-order valence-corrected chi connectivity index (χ0v) is 9.71. The van der Waals surface area contributed by atoms with E-state index in [4.69, 9.17) is 4.42 Å². The number of furan rings is 1. The third-order valence-corrected chi connectivity index (χ3v) is 2.33. The molecule has 16 heavy (non-hydrogen) atoms. The van der Waals surface area contributed by atoms with Gasteiger partial charge in [0.05, 0.1) is 6.26 Å². The van der Waals surface area contributed by atoms with Crippen LogP contribution in [0.1, 0.15) is 17.6 Å². The molecule has 0 saturated heterocycles. The van der Waals surface area contributed by atoms with E-state index in [0.717, 1.165) is 11.6 Å². The van der Waals surface area contributed by atoms with Crippen LogP contribution in [0.5, 0.6) is 0 Å².